The molecule has 0 aromatic carbocycles. The summed E-state index contributed by atoms with van der Waals surface area (Å²) in [5.41, 5.74) is 6.38. The van der Waals surface area contributed by atoms with E-state index < -0.39 is 0 Å². The zero-order valence-corrected chi connectivity index (χ0v) is 14.1. The fraction of sp³-hybridized carbons (Fsp3) is 0.733. The minimum absolute atomic E-state index is 0.0829. The number of hydrogen-bond acceptors (Lipinski definition) is 5. The fourth-order valence-corrected chi connectivity index (χ4v) is 3.92. The van der Waals surface area contributed by atoms with Crippen LogP contribution in [0, 0.1) is 11.8 Å². The molecule has 21 heavy (non-hydrogen) atoms. The van der Waals surface area contributed by atoms with Crippen LogP contribution in [0.2, 0.25) is 0 Å². The number of nitrogens with one attached hydrogen (secondary N) is 2. The molecule has 6 heteroatoms. The van der Waals surface area contributed by atoms with Crippen LogP contribution in [0.15, 0.2) is 0 Å². The van der Waals surface area contributed by atoms with Gasteiger partial charge in [0, 0.05) is 12.1 Å². The largest absolute Gasteiger partial charge is 0.382 e. The van der Waals surface area contributed by atoms with E-state index in [9.17, 15) is 4.79 Å². The van der Waals surface area contributed by atoms with Gasteiger partial charge in [0.1, 0.15) is 10.6 Å². The number of carbonyl (C=O) groups is 1. The second-order valence-corrected chi connectivity index (χ2v) is 7.03. The first-order chi connectivity index (χ1) is 9.93. The molecule has 0 saturated heterocycles. The number of aromatic nitrogens is 1. The highest BCUT2D eigenvalue weighted by atomic mass is 32.1. The Hall–Kier alpha value is -1.30. The van der Waals surface area contributed by atoms with Gasteiger partial charge in [0.15, 0.2) is 5.82 Å². The van der Waals surface area contributed by atoms with E-state index in [0.29, 0.717) is 23.3 Å². The molecule has 4 N–H and O–H groups in total. The van der Waals surface area contributed by atoms with Crippen LogP contribution in [0.25, 0.3) is 0 Å². The Bertz CT molecular complexity index is 500. The molecule has 3 atom stereocenters. The second kappa shape index (κ2) is 6.64. The highest BCUT2D eigenvalue weighted by Crippen LogP contribution is 2.37. The van der Waals surface area contributed by atoms with Crippen molar-refractivity contribution in [3.63, 3.8) is 0 Å². The van der Waals surface area contributed by atoms with Crippen molar-refractivity contribution in [3.8, 4) is 0 Å². The molecule has 1 aliphatic rings. The highest BCUT2D eigenvalue weighted by molar-refractivity contribution is 7.11. The lowest BCUT2D eigenvalue weighted by atomic mass is 9.93. The van der Waals surface area contributed by atoms with Gasteiger partial charge >= 0.3 is 0 Å². The third kappa shape index (κ3) is 3.48. The minimum atomic E-state index is -0.142. The molecule has 0 bridgehead atoms. The van der Waals surface area contributed by atoms with Crippen molar-refractivity contribution in [2.45, 2.75) is 59.0 Å². The molecular weight excluding hydrogens is 284 g/mol. The minimum Gasteiger partial charge on any atom is -0.382 e. The fourth-order valence-electron chi connectivity index (χ4n) is 3.15. The molecule has 1 aromatic heterocycles. The maximum Gasteiger partial charge on any atom is 0.258 e. The first-order valence-electron chi connectivity index (χ1n) is 7.76. The number of rotatable bonds is 5. The van der Waals surface area contributed by atoms with Gasteiger partial charge in [-0.05, 0) is 50.1 Å². The summed E-state index contributed by atoms with van der Waals surface area (Å²) in [6.07, 6.45) is 3.60. The van der Waals surface area contributed by atoms with E-state index in [-0.39, 0.29) is 11.9 Å². The van der Waals surface area contributed by atoms with E-state index in [4.69, 9.17) is 5.73 Å². The summed E-state index contributed by atoms with van der Waals surface area (Å²) in [6.45, 7) is 8.41. The predicted molar refractivity (Wildman–Crippen MR) is 88.7 cm³/mol. The number of carbonyl (C=O) groups excluding carboxylic acids is 1. The Kier molecular flexibility index (Phi) is 5.08. The van der Waals surface area contributed by atoms with Crippen molar-refractivity contribution < 1.29 is 4.79 Å². The second-order valence-electron chi connectivity index (χ2n) is 6.26. The summed E-state index contributed by atoms with van der Waals surface area (Å²) in [5.74, 6) is 1.55. The lowest BCUT2D eigenvalue weighted by molar-refractivity contribution is 0.0945. The number of nitrogen functional groups attached to an aromatic ring is 1. The van der Waals surface area contributed by atoms with Crippen molar-refractivity contribution in [2.24, 2.45) is 11.8 Å². The SMILES string of the molecule is CCC1CCC(Nc2snc(N)c2C(=O)NC(C)C)C1C. The Morgan fingerprint density at radius 1 is 1.48 bits per heavy atom. The summed E-state index contributed by atoms with van der Waals surface area (Å²) in [5, 5.41) is 7.21. The van der Waals surface area contributed by atoms with Gasteiger partial charge in [-0.2, -0.15) is 4.37 Å². The topological polar surface area (TPSA) is 80.0 Å². The quantitative estimate of drug-likeness (QED) is 0.780. The van der Waals surface area contributed by atoms with Gasteiger partial charge in [0.25, 0.3) is 5.91 Å². The Morgan fingerprint density at radius 3 is 2.76 bits per heavy atom. The van der Waals surface area contributed by atoms with E-state index >= 15 is 0 Å². The molecule has 0 spiro atoms. The molecule has 3 unspecified atom stereocenters. The van der Waals surface area contributed by atoms with Gasteiger partial charge in [0.05, 0.1) is 0 Å². The molecule has 1 heterocycles. The Labute approximate surface area is 130 Å². The van der Waals surface area contributed by atoms with Gasteiger partial charge in [-0.1, -0.05) is 20.3 Å². The van der Waals surface area contributed by atoms with E-state index in [1.165, 1.54) is 24.4 Å². The summed E-state index contributed by atoms with van der Waals surface area (Å²) in [4.78, 5) is 12.3. The first-order valence-corrected chi connectivity index (χ1v) is 8.53. The van der Waals surface area contributed by atoms with Crippen molar-refractivity contribution in [2.75, 3.05) is 11.1 Å². The summed E-state index contributed by atoms with van der Waals surface area (Å²) < 4.78 is 4.15. The van der Waals surface area contributed by atoms with Crippen molar-refractivity contribution >= 4 is 28.3 Å². The zero-order valence-electron chi connectivity index (χ0n) is 13.3. The molecular formula is C15H26N4OS. The maximum atomic E-state index is 12.3. The van der Waals surface area contributed by atoms with Gasteiger partial charge in [-0.25, -0.2) is 0 Å². The van der Waals surface area contributed by atoms with E-state index in [0.717, 1.165) is 17.3 Å². The van der Waals surface area contributed by atoms with Crippen LogP contribution in [-0.2, 0) is 0 Å². The van der Waals surface area contributed by atoms with Crippen molar-refractivity contribution in [1.82, 2.24) is 9.69 Å². The zero-order chi connectivity index (χ0) is 15.6. The predicted octanol–water partition coefficient (Wildman–Crippen LogP) is 3.10. The molecule has 1 aromatic rings. The summed E-state index contributed by atoms with van der Waals surface area (Å²) >= 11 is 1.28. The standard InChI is InChI=1S/C15H26N4OS/c1-5-10-6-7-11(9(10)4)18-15-12(13(16)19-21-15)14(20)17-8(2)3/h8-11,18H,5-7H2,1-4H3,(H2,16,19)(H,17,20). The molecule has 118 valence electrons. The summed E-state index contributed by atoms with van der Waals surface area (Å²) in [7, 11) is 0. The van der Waals surface area contributed by atoms with Gasteiger partial charge in [-0.3, -0.25) is 4.79 Å². The normalized spacial score (nSPS) is 25.3. The molecule has 5 nitrogen and oxygen atoms in total. The number of nitrogens with two attached hydrogens (primary N) is 1. The van der Waals surface area contributed by atoms with Gasteiger partial charge in [-0.15, -0.1) is 0 Å². The monoisotopic (exact) mass is 310 g/mol. The van der Waals surface area contributed by atoms with Crippen molar-refractivity contribution in [1.29, 1.82) is 0 Å². The third-order valence-corrected chi connectivity index (χ3v) is 5.23. The van der Waals surface area contributed by atoms with E-state index in [1.54, 1.807) is 0 Å². The first kappa shape index (κ1) is 16.1. The van der Waals surface area contributed by atoms with Gasteiger partial charge in [0.2, 0.25) is 0 Å². The molecule has 1 amide bonds. The molecule has 2 rings (SSSR count). The molecule has 1 fully saturated rings. The lowest BCUT2D eigenvalue weighted by Gasteiger charge is -2.21. The Balaban J connectivity index is 2.13. The molecule has 0 aliphatic heterocycles. The highest BCUT2D eigenvalue weighted by Gasteiger charge is 2.33. The number of amides is 1. The van der Waals surface area contributed by atoms with Crippen LogP contribution in [0.1, 0.15) is 57.3 Å². The summed E-state index contributed by atoms with van der Waals surface area (Å²) in [6, 6.07) is 0.486. The van der Waals surface area contributed by atoms with Crippen LogP contribution >= 0.6 is 11.5 Å². The number of nitrogens with zero attached hydrogens (tertiary/aromatic N) is 1. The number of anilines is 2. The van der Waals surface area contributed by atoms with Crippen molar-refractivity contribution in [3.05, 3.63) is 5.56 Å². The number of hydrogen-bond donors (Lipinski definition) is 3. The maximum absolute atomic E-state index is 12.3. The lowest BCUT2D eigenvalue weighted by Crippen LogP contribution is -2.32. The molecule has 1 aliphatic carbocycles. The van der Waals surface area contributed by atoms with Crippen LogP contribution < -0.4 is 16.4 Å². The van der Waals surface area contributed by atoms with Crippen LogP contribution in [0.4, 0.5) is 10.8 Å². The van der Waals surface area contributed by atoms with Gasteiger partial charge < -0.3 is 16.4 Å². The Morgan fingerprint density at radius 2 is 2.19 bits per heavy atom. The molecule has 0 radical (unpaired) electrons. The molecule has 1 saturated carbocycles. The van der Waals surface area contributed by atoms with Crippen LogP contribution in [0.3, 0.4) is 0 Å². The van der Waals surface area contributed by atoms with Crippen LogP contribution in [0.5, 0.6) is 0 Å². The average molecular weight is 310 g/mol. The smallest absolute Gasteiger partial charge is 0.258 e. The average Bonchev–Trinajstić information content (AvgIpc) is 2.94. The van der Waals surface area contributed by atoms with Crippen LogP contribution in [-0.4, -0.2) is 22.4 Å². The van der Waals surface area contributed by atoms with E-state index in [2.05, 4.69) is 28.9 Å². The van der Waals surface area contributed by atoms with E-state index in [1.807, 2.05) is 13.8 Å². The third-order valence-electron chi connectivity index (χ3n) is 4.43.